The van der Waals surface area contributed by atoms with Crippen LogP contribution in [0.1, 0.15) is 17.6 Å². The zero-order chi connectivity index (χ0) is 13.9. The molecule has 0 spiro atoms. The fourth-order valence-corrected chi connectivity index (χ4v) is 2.45. The van der Waals surface area contributed by atoms with Crippen molar-refractivity contribution < 1.29 is 4.42 Å². The highest BCUT2D eigenvalue weighted by Gasteiger charge is 2.20. The summed E-state index contributed by atoms with van der Waals surface area (Å²) >= 11 is 2.29. The van der Waals surface area contributed by atoms with E-state index in [9.17, 15) is 0 Å². The Morgan fingerprint density at radius 1 is 1.25 bits per heavy atom. The third-order valence-electron chi connectivity index (χ3n) is 3.10. The Labute approximate surface area is 131 Å². The van der Waals surface area contributed by atoms with Crippen LogP contribution in [0.25, 0.3) is 0 Å². The summed E-state index contributed by atoms with van der Waals surface area (Å²) in [7, 11) is 1.98. The van der Waals surface area contributed by atoms with Crippen LogP contribution in [0.3, 0.4) is 0 Å². The summed E-state index contributed by atoms with van der Waals surface area (Å²) in [6.45, 7) is 0. The number of nitrogens with zero attached hydrogens (tertiary/aromatic N) is 2. The first-order chi connectivity index (χ1) is 9.74. The number of nitrogens with one attached hydrogen (secondary N) is 1. The van der Waals surface area contributed by atoms with Crippen LogP contribution in [0.2, 0.25) is 0 Å². The molecule has 0 saturated carbocycles. The van der Waals surface area contributed by atoms with Crippen molar-refractivity contribution in [2.24, 2.45) is 7.05 Å². The number of aromatic nitrogens is 2. The Hall–Kier alpha value is -1.76. The van der Waals surface area contributed by atoms with E-state index in [1.807, 2.05) is 29.9 Å². The molecular formula is C15H14IN3O. The van der Waals surface area contributed by atoms with Gasteiger partial charge >= 0.3 is 0 Å². The molecule has 0 amide bonds. The number of benzene rings is 1. The zero-order valence-corrected chi connectivity index (χ0v) is 13.1. The second-order valence-electron chi connectivity index (χ2n) is 4.50. The van der Waals surface area contributed by atoms with Crippen molar-refractivity contribution in [3.8, 4) is 0 Å². The minimum absolute atomic E-state index is 0.106. The molecule has 0 saturated heterocycles. The van der Waals surface area contributed by atoms with Gasteiger partial charge in [0.2, 0.25) is 0 Å². The van der Waals surface area contributed by atoms with E-state index in [-0.39, 0.29) is 6.04 Å². The highest BCUT2D eigenvalue weighted by molar-refractivity contribution is 14.1. The molecule has 1 aromatic carbocycles. The molecule has 0 aliphatic rings. The van der Waals surface area contributed by atoms with Crippen LogP contribution < -0.4 is 5.32 Å². The molecule has 3 rings (SSSR count). The van der Waals surface area contributed by atoms with Gasteiger partial charge in [-0.15, -0.1) is 0 Å². The third-order valence-corrected chi connectivity index (χ3v) is 3.82. The Morgan fingerprint density at radius 3 is 2.65 bits per heavy atom. The summed E-state index contributed by atoms with van der Waals surface area (Å²) in [6, 6.07) is 12.0. The van der Waals surface area contributed by atoms with E-state index in [4.69, 9.17) is 4.42 Å². The number of furan rings is 1. The quantitative estimate of drug-likeness (QED) is 0.701. The molecule has 1 N–H and O–H groups in total. The van der Waals surface area contributed by atoms with E-state index in [0.29, 0.717) is 0 Å². The van der Waals surface area contributed by atoms with Gasteiger partial charge in [-0.05, 0) is 59.0 Å². The molecule has 0 aliphatic heterocycles. The van der Waals surface area contributed by atoms with Crippen LogP contribution in [0.5, 0.6) is 0 Å². The maximum absolute atomic E-state index is 5.55. The van der Waals surface area contributed by atoms with Crippen molar-refractivity contribution in [3.63, 3.8) is 0 Å². The minimum Gasteiger partial charge on any atom is -0.467 e. The van der Waals surface area contributed by atoms with Crippen molar-refractivity contribution in [1.82, 2.24) is 9.55 Å². The number of hydrogen-bond acceptors (Lipinski definition) is 3. The van der Waals surface area contributed by atoms with Crippen LogP contribution >= 0.6 is 22.6 Å². The second-order valence-corrected chi connectivity index (χ2v) is 5.74. The lowest BCUT2D eigenvalue weighted by Gasteiger charge is -2.17. The monoisotopic (exact) mass is 379 g/mol. The average Bonchev–Trinajstić information content (AvgIpc) is 3.10. The Bertz CT molecular complexity index is 673. The maximum Gasteiger partial charge on any atom is 0.143 e. The van der Waals surface area contributed by atoms with Crippen molar-refractivity contribution in [2.75, 3.05) is 5.32 Å². The number of rotatable bonds is 4. The van der Waals surface area contributed by atoms with Gasteiger partial charge in [0.1, 0.15) is 17.6 Å². The molecule has 0 bridgehead atoms. The van der Waals surface area contributed by atoms with E-state index in [2.05, 4.69) is 57.2 Å². The number of hydrogen-bond donors (Lipinski definition) is 1. The first kappa shape index (κ1) is 13.2. The van der Waals surface area contributed by atoms with Gasteiger partial charge in [0.15, 0.2) is 0 Å². The molecule has 4 nitrogen and oxygen atoms in total. The van der Waals surface area contributed by atoms with Crippen molar-refractivity contribution in [1.29, 1.82) is 0 Å². The smallest absolute Gasteiger partial charge is 0.143 e. The standard InChI is InChI=1S/C15H14IN3O/c1-19-9-8-17-15(19)14(13-3-2-10-20-13)18-12-6-4-11(16)5-7-12/h2-10,14,18H,1H3. The van der Waals surface area contributed by atoms with E-state index in [1.54, 1.807) is 12.5 Å². The Kier molecular flexibility index (Phi) is 3.77. The Morgan fingerprint density at radius 2 is 2.05 bits per heavy atom. The molecule has 102 valence electrons. The van der Waals surface area contributed by atoms with Crippen LogP contribution in [0, 0.1) is 3.57 Å². The Balaban J connectivity index is 1.94. The highest BCUT2D eigenvalue weighted by Crippen LogP contribution is 2.26. The van der Waals surface area contributed by atoms with Crippen LogP contribution in [-0.4, -0.2) is 9.55 Å². The predicted octanol–water partition coefficient (Wildman–Crippen LogP) is 3.82. The molecule has 5 heteroatoms. The van der Waals surface area contributed by atoms with E-state index >= 15 is 0 Å². The van der Waals surface area contributed by atoms with Gasteiger partial charge in [-0.2, -0.15) is 0 Å². The lowest BCUT2D eigenvalue weighted by atomic mass is 10.2. The number of imidazole rings is 1. The SMILES string of the molecule is Cn1ccnc1C(Nc1ccc(I)cc1)c1ccco1. The van der Waals surface area contributed by atoms with Gasteiger partial charge < -0.3 is 14.3 Å². The van der Waals surface area contributed by atoms with Gasteiger partial charge in [-0.3, -0.25) is 0 Å². The minimum atomic E-state index is -0.106. The fraction of sp³-hybridized carbons (Fsp3) is 0.133. The molecule has 20 heavy (non-hydrogen) atoms. The largest absolute Gasteiger partial charge is 0.467 e. The first-order valence-electron chi connectivity index (χ1n) is 6.27. The first-order valence-corrected chi connectivity index (χ1v) is 7.34. The maximum atomic E-state index is 5.55. The molecule has 1 unspecified atom stereocenters. The van der Waals surface area contributed by atoms with E-state index in [1.165, 1.54) is 3.57 Å². The van der Waals surface area contributed by atoms with Crippen LogP contribution in [0.15, 0.2) is 59.5 Å². The molecule has 1 atom stereocenters. The lowest BCUT2D eigenvalue weighted by Crippen LogP contribution is -2.16. The predicted molar refractivity (Wildman–Crippen MR) is 86.5 cm³/mol. The molecule has 0 aliphatic carbocycles. The number of halogens is 1. The highest BCUT2D eigenvalue weighted by atomic mass is 127. The van der Waals surface area contributed by atoms with Gasteiger partial charge in [-0.1, -0.05) is 0 Å². The van der Waals surface area contributed by atoms with Crippen molar-refractivity contribution in [2.45, 2.75) is 6.04 Å². The second kappa shape index (κ2) is 5.70. The van der Waals surface area contributed by atoms with Gasteiger partial charge in [0.05, 0.1) is 6.26 Å². The summed E-state index contributed by atoms with van der Waals surface area (Å²) in [5, 5.41) is 3.47. The topological polar surface area (TPSA) is 43.0 Å². The van der Waals surface area contributed by atoms with Crippen LogP contribution in [0.4, 0.5) is 5.69 Å². The van der Waals surface area contributed by atoms with Crippen LogP contribution in [-0.2, 0) is 7.05 Å². The molecule has 0 fully saturated rings. The zero-order valence-electron chi connectivity index (χ0n) is 11.0. The van der Waals surface area contributed by atoms with Gasteiger partial charge in [0.25, 0.3) is 0 Å². The van der Waals surface area contributed by atoms with Crippen molar-refractivity contribution in [3.05, 3.63) is 70.2 Å². The molecule has 2 aromatic heterocycles. The van der Waals surface area contributed by atoms with E-state index in [0.717, 1.165) is 17.3 Å². The summed E-state index contributed by atoms with van der Waals surface area (Å²) in [5.41, 5.74) is 1.04. The van der Waals surface area contributed by atoms with Gasteiger partial charge in [-0.25, -0.2) is 4.98 Å². The molecule has 2 heterocycles. The summed E-state index contributed by atoms with van der Waals surface area (Å²) in [5.74, 6) is 1.76. The average molecular weight is 379 g/mol. The van der Waals surface area contributed by atoms with Gasteiger partial charge in [0, 0.05) is 28.7 Å². The molecular weight excluding hydrogens is 365 g/mol. The number of aryl methyl sites for hydroxylation is 1. The fourth-order valence-electron chi connectivity index (χ4n) is 2.09. The number of anilines is 1. The summed E-state index contributed by atoms with van der Waals surface area (Å²) in [6.07, 6.45) is 5.41. The lowest BCUT2D eigenvalue weighted by molar-refractivity contribution is 0.488. The third kappa shape index (κ3) is 2.72. The van der Waals surface area contributed by atoms with E-state index < -0.39 is 0 Å². The molecule has 3 aromatic rings. The summed E-state index contributed by atoms with van der Waals surface area (Å²) < 4.78 is 8.75. The van der Waals surface area contributed by atoms with Crippen molar-refractivity contribution >= 4 is 28.3 Å². The summed E-state index contributed by atoms with van der Waals surface area (Å²) in [4.78, 5) is 4.42. The molecule has 0 radical (unpaired) electrons. The normalized spacial score (nSPS) is 12.3.